The summed E-state index contributed by atoms with van der Waals surface area (Å²) in [6.07, 6.45) is 6.24. The molecule has 3 heterocycles. The second kappa shape index (κ2) is 5.81. The molecule has 4 rings (SSSR count). The van der Waals surface area contributed by atoms with Crippen LogP contribution in [0.3, 0.4) is 0 Å². The summed E-state index contributed by atoms with van der Waals surface area (Å²) < 4.78 is 30.2. The Morgan fingerprint density at radius 2 is 1.92 bits per heavy atom. The SMILES string of the molecule is O=C(c1ccncc1)N1CC2(C1)[C@H](COCC1CC1)CCS2(=O)=O. The fourth-order valence-electron chi connectivity index (χ4n) is 3.79. The topological polar surface area (TPSA) is 76.6 Å². The summed E-state index contributed by atoms with van der Waals surface area (Å²) in [6.45, 7) is 1.81. The van der Waals surface area contributed by atoms with Crippen molar-refractivity contribution in [2.24, 2.45) is 11.8 Å². The molecule has 0 bridgehead atoms. The van der Waals surface area contributed by atoms with E-state index in [1.165, 1.54) is 12.8 Å². The van der Waals surface area contributed by atoms with Gasteiger partial charge in [0, 0.05) is 43.6 Å². The van der Waals surface area contributed by atoms with Crippen molar-refractivity contribution in [3.8, 4) is 0 Å². The first-order chi connectivity index (χ1) is 11.5. The van der Waals surface area contributed by atoms with E-state index in [2.05, 4.69) is 4.98 Å². The van der Waals surface area contributed by atoms with Crippen molar-refractivity contribution in [3.63, 3.8) is 0 Å². The molecule has 2 aliphatic heterocycles. The van der Waals surface area contributed by atoms with Crippen LogP contribution in [0, 0.1) is 11.8 Å². The van der Waals surface area contributed by atoms with Gasteiger partial charge in [-0.3, -0.25) is 9.78 Å². The molecule has 3 aliphatic rings. The zero-order chi connectivity index (χ0) is 16.8. The van der Waals surface area contributed by atoms with Crippen LogP contribution in [-0.4, -0.2) is 61.0 Å². The van der Waals surface area contributed by atoms with Gasteiger partial charge in [0.15, 0.2) is 9.84 Å². The summed E-state index contributed by atoms with van der Waals surface area (Å²) in [6, 6.07) is 3.32. The third-order valence-corrected chi connectivity index (χ3v) is 8.20. The summed E-state index contributed by atoms with van der Waals surface area (Å²) in [5.41, 5.74) is 0.553. The van der Waals surface area contributed by atoms with E-state index in [9.17, 15) is 13.2 Å². The number of aromatic nitrogens is 1. The molecule has 1 aromatic rings. The number of amides is 1. The van der Waals surface area contributed by atoms with Crippen LogP contribution in [0.2, 0.25) is 0 Å². The average molecular weight is 350 g/mol. The quantitative estimate of drug-likeness (QED) is 0.796. The molecule has 2 saturated heterocycles. The van der Waals surface area contributed by atoms with Gasteiger partial charge in [0.05, 0.1) is 12.4 Å². The van der Waals surface area contributed by atoms with E-state index in [1.807, 2.05) is 0 Å². The van der Waals surface area contributed by atoms with Gasteiger partial charge in [0.1, 0.15) is 4.75 Å². The van der Waals surface area contributed by atoms with Gasteiger partial charge in [-0.15, -0.1) is 0 Å². The van der Waals surface area contributed by atoms with Crippen molar-refractivity contribution in [1.29, 1.82) is 0 Å². The predicted octanol–water partition coefficient (Wildman–Crippen LogP) is 1.14. The number of nitrogens with zero attached hydrogens (tertiary/aromatic N) is 2. The number of sulfone groups is 1. The Morgan fingerprint density at radius 3 is 2.58 bits per heavy atom. The van der Waals surface area contributed by atoms with Gasteiger partial charge in [0.2, 0.25) is 0 Å². The van der Waals surface area contributed by atoms with Gasteiger partial charge in [-0.1, -0.05) is 0 Å². The Hall–Kier alpha value is -1.47. The van der Waals surface area contributed by atoms with Crippen LogP contribution in [0.25, 0.3) is 0 Å². The number of ether oxygens (including phenoxy) is 1. The van der Waals surface area contributed by atoms with E-state index < -0.39 is 14.6 Å². The van der Waals surface area contributed by atoms with Gasteiger partial charge >= 0.3 is 0 Å². The first-order valence-electron chi connectivity index (χ1n) is 8.51. The normalized spacial score (nSPS) is 27.2. The largest absolute Gasteiger partial charge is 0.381 e. The second-order valence-electron chi connectivity index (χ2n) is 7.25. The predicted molar refractivity (Wildman–Crippen MR) is 88.3 cm³/mol. The van der Waals surface area contributed by atoms with Crippen LogP contribution < -0.4 is 0 Å². The van der Waals surface area contributed by atoms with Crippen LogP contribution in [0.15, 0.2) is 24.5 Å². The van der Waals surface area contributed by atoms with Crippen molar-refractivity contribution in [1.82, 2.24) is 9.88 Å². The Labute approximate surface area is 142 Å². The molecular weight excluding hydrogens is 328 g/mol. The van der Waals surface area contributed by atoms with Crippen LogP contribution in [0.4, 0.5) is 0 Å². The molecular formula is C17H22N2O4S. The number of carbonyl (C=O) groups excluding carboxylic acids is 1. The first kappa shape index (κ1) is 16.0. The fraction of sp³-hybridized carbons (Fsp3) is 0.647. The Kier molecular flexibility index (Phi) is 3.88. The van der Waals surface area contributed by atoms with Gasteiger partial charge in [-0.05, 0) is 37.3 Å². The Morgan fingerprint density at radius 1 is 1.21 bits per heavy atom. The zero-order valence-corrected chi connectivity index (χ0v) is 14.4. The number of likely N-dealkylation sites (tertiary alicyclic amines) is 1. The lowest BCUT2D eigenvalue weighted by atomic mass is 9.83. The van der Waals surface area contributed by atoms with Gasteiger partial charge in [0.25, 0.3) is 5.91 Å². The summed E-state index contributed by atoms with van der Waals surface area (Å²) in [7, 11) is -3.17. The molecule has 7 heteroatoms. The lowest BCUT2D eigenvalue weighted by molar-refractivity contribution is 0.0228. The highest BCUT2D eigenvalue weighted by Gasteiger charge is 2.62. The number of hydrogen-bond donors (Lipinski definition) is 0. The highest BCUT2D eigenvalue weighted by atomic mass is 32.2. The molecule has 1 atom stereocenters. The van der Waals surface area contributed by atoms with Crippen LogP contribution >= 0.6 is 0 Å². The molecule has 0 radical (unpaired) electrons. The number of rotatable bonds is 5. The minimum Gasteiger partial charge on any atom is -0.381 e. The maximum Gasteiger partial charge on any atom is 0.254 e. The van der Waals surface area contributed by atoms with E-state index in [0.717, 1.165) is 6.61 Å². The molecule has 1 aliphatic carbocycles. The molecule has 1 amide bonds. The Balaban J connectivity index is 1.43. The molecule has 0 unspecified atom stereocenters. The zero-order valence-electron chi connectivity index (χ0n) is 13.6. The smallest absolute Gasteiger partial charge is 0.254 e. The molecule has 0 aromatic carbocycles. The molecule has 130 valence electrons. The Bertz CT molecular complexity index is 724. The standard InChI is InChI=1S/C17H22N2O4S/c20-16(14-3-6-18-7-4-14)19-11-17(12-19)15(5-8-24(17,21)22)10-23-9-13-1-2-13/h3-4,6-7,13,15H,1-2,5,8-12H2/t15-/m0/s1. The summed E-state index contributed by atoms with van der Waals surface area (Å²) in [4.78, 5) is 18.0. The van der Waals surface area contributed by atoms with Gasteiger partial charge in [-0.25, -0.2) is 8.42 Å². The number of carbonyl (C=O) groups is 1. The van der Waals surface area contributed by atoms with Gasteiger partial charge < -0.3 is 9.64 Å². The maximum absolute atomic E-state index is 12.6. The van der Waals surface area contributed by atoms with Crippen molar-refractivity contribution >= 4 is 15.7 Å². The van der Waals surface area contributed by atoms with Crippen LogP contribution in [0.5, 0.6) is 0 Å². The highest BCUT2D eigenvalue weighted by molar-refractivity contribution is 7.93. The summed E-state index contributed by atoms with van der Waals surface area (Å²) >= 11 is 0. The second-order valence-corrected chi connectivity index (χ2v) is 9.70. The van der Waals surface area contributed by atoms with Crippen molar-refractivity contribution in [3.05, 3.63) is 30.1 Å². The molecule has 1 saturated carbocycles. The average Bonchev–Trinajstić information content (AvgIpc) is 3.31. The molecule has 24 heavy (non-hydrogen) atoms. The third kappa shape index (κ3) is 2.63. The van der Waals surface area contributed by atoms with Crippen LogP contribution in [0.1, 0.15) is 29.6 Å². The minimum atomic E-state index is -3.17. The highest BCUT2D eigenvalue weighted by Crippen LogP contribution is 2.45. The number of pyridine rings is 1. The van der Waals surface area contributed by atoms with E-state index >= 15 is 0 Å². The first-order valence-corrected chi connectivity index (χ1v) is 10.2. The van der Waals surface area contributed by atoms with Crippen molar-refractivity contribution < 1.29 is 17.9 Å². The molecule has 1 aromatic heterocycles. The minimum absolute atomic E-state index is 0.00254. The van der Waals surface area contributed by atoms with E-state index in [0.29, 0.717) is 24.5 Å². The van der Waals surface area contributed by atoms with E-state index in [1.54, 1.807) is 29.4 Å². The fourth-order valence-corrected chi connectivity index (χ4v) is 6.19. The van der Waals surface area contributed by atoms with Crippen molar-refractivity contribution in [2.45, 2.75) is 24.0 Å². The molecule has 1 spiro atoms. The van der Waals surface area contributed by atoms with Crippen molar-refractivity contribution in [2.75, 3.05) is 32.1 Å². The summed E-state index contributed by atoms with van der Waals surface area (Å²) in [5, 5.41) is 0. The van der Waals surface area contributed by atoms with E-state index in [-0.39, 0.29) is 30.7 Å². The van der Waals surface area contributed by atoms with E-state index in [4.69, 9.17) is 4.74 Å². The van der Waals surface area contributed by atoms with Gasteiger partial charge in [-0.2, -0.15) is 0 Å². The third-order valence-electron chi connectivity index (χ3n) is 5.60. The number of hydrogen-bond acceptors (Lipinski definition) is 5. The lowest BCUT2D eigenvalue weighted by Crippen LogP contribution is -2.68. The molecule has 0 N–H and O–H groups in total. The maximum atomic E-state index is 12.6. The molecule has 6 nitrogen and oxygen atoms in total. The summed E-state index contributed by atoms with van der Waals surface area (Å²) in [5.74, 6) is 0.762. The molecule has 3 fully saturated rings. The lowest BCUT2D eigenvalue weighted by Gasteiger charge is -2.49. The van der Waals surface area contributed by atoms with Crippen LogP contribution in [-0.2, 0) is 14.6 Å². The monoisotopic (exact) mass is 350 g/mol.